The lowest BCUT2D eigenvalue weighted by Crippen LogP contribution is -2.24. The van der Waals surface area contributed by atoms with Crippen molar-refractivity contribution in [3.8, 4) is 0 Å². The molecule has 0 aliphatic rings. The molecule has 84 valence electrons. The molecule has 2 N–H and O–H groups in total. The number of nitrogens with one attached hydrogen (secondary N) is 2. The first-order valence-electron chi connectivity index (χ1n) is 4.30. The standard InChI is InChI=1S/C8H12BrN3O2S/c1-5(3-15(2)14)12-7-6(9)8(13)11-4-10-7/h4-5H,3H2,1-2H3,(H2,10,11,12,13). The molecule has 0 aromatic carbocycles. The van der Waals surface area contributed by atoms with Crippen LogP contribution in [0.2, 0.25) is 0 Å². The third-order valence-electron chi connectivity index (χ3n) is 1.66. The van der Waals surface area contributed by atoms with Crippen LogP contribution in [0.15, 0.2) is 15.6 Å². The van der Waals surface area contributed by atoms with Crippen molar-refractivity contribution in [2.75, 3.05) is 17.3 Å². The molecule has 0 saturated heterocycles. The Balaban J connectivity index is 2.76. The normalized spacial score (nSPS) is 14.6. The first-order valence-corrected chi connectivity index (χ1v) is 6.82. The van der Waals surface area contributed by atoms with Crippen molar-refractivity contribution in [1.29, 1.82) is 0 Å². The van der Waals surface area contributed by atoms with Crippen LogP contribution in [-0.2, 0) is 10.8 Å². The number of H-pyrrole nitrogens is 1. The van der Waals surface area contributed by atoms with Gasteiger partial charge in [-0.3, -0.25) is 9.00 Å². The zero-order valence-corrected chi connectivity index (χ0v) is 10.8. The average molecular weight is 294 g/mol. The third-order valence-corrected chi connectivity index (χ3v) is 3.37. The number of nitrogens with zero attached hydrogens (tertiary/aromatic N) is 1. The number of hydrogen-bond donors (Lipinski definition) is 2. The minimum absolute atomic E-state index is 0.00133. The van der Waals surface area contributed by atoms with Gasteiger partial charge in [-0.1, -0.05) is 0 Å². The molecule has 15 heavy (non-hydrogen) atoms. The molecule has 0 aliphatic heterocycles. The van der Waals surface area contributed by atoms with Crippen LogP contribution in [0.4, 0.5) is 5.82 Å². The summed E-state index contributed by atoms with van der Waals surface area (Å²) in [6.07, 6.45) is 2.96. The van der Waals surface area contributed by atoms with E-state index in [1.807, 2.05) is 6.92 Å². The molecular formula is C8H12BrN3O2S. The molecule has 0 amide bonds. The Morgan fingerprint density at radius 2 is 2.40 bits per heavy atom. The summed E-state index contributed by atoms with van der Waals surface area (Å²) < 4.78 is 11.3. The van der Waals surface area contributed by atoms with Crippen LogP contribution in [0, 0.1) is 0 Å². The summed E-state index contributed by atoms with van der Waals surface area (Å²) in [6.45, 7) is 1.89. The van der Waals surface area contributed by atoms with Crippen LogP contribution in [0.3, 0.4) is 0 Å². The molecule has 1 heterocycles. The van der Waals surface area contributed by atoms with Crippen LogP contribution >= 0.6 is 15.9 Å². The van der Waals surface area contributed by atoms with Crippen molar-refractivity contribution in [1.82, 2.24) is 9.97 Å². The van der Waals surface area contributed by atoms with Gasteiger partial charge in [0.25, 0.3) is 5.56 Å². The number of anilines is 1. The lowest BCUT2D eigenvalue weighted by molar-refractivity contribution is 0.682. The summed E-state index contributed by atoms with van der Waals surface area (Å²) in [4.78, 5) is 17.6. The third kappa shape index (κ3) is 3.75. The maximum Gasteiger partial charge on any atom is 0.267 e. The lowest BCUT2D eigenvalue weighted by Gasteiger charge is -2.13. The van der Waals surface area contributed by atoms with Gasteiger partial charge in [-0.05, 0) is 22.9 Å². The highest BCUT2D eigenvalue weighted by Crippen LogP contribution is 2.14. The molecule has 0 radical (unpaired) electrons. The highest BCUT2D eigenvalue weighted by molar-refractivity contribution is 9.10. The monoisotopic (exact) mass is 293 g/mol. The lowest BCUT2D eigenvalue weighted by atomic mass is 10.4. The molecule has 0 bridgehead atoms. The molecule has 0 saturated carbocycles. The number of halogens is 1. The van der Waals surface area contributed by atoms with Gasteiger partial charge in [0.2, 0.25) is 0 Å². The Morgan fingerprint density at radius 3 is 3.00 bits per heavy atom. The fourth-order valence-electron chi connectivity index (χ4n) is 1.11. The average Bonchev–Trinajstić information content (AvgIpc) is 2.11. The largest absolute Gasteiger partial charge is 0.366 e. The fourth-order valence-corrected chi connectivity index (χ4v) is 2.23. The molecule has 0 spiro atoms. The van der Waals surface area contributed by atoms with Gasteiger partial charge in [0, 0.05) is 28.9 Å². The number of aromatic nitrogens is 2. The fraction of sp³-hybridized carbons (Fsp3) is 0.500. The Bertz CT molecular complexity index is 421. The molecule has 1 rings (SSSR count). The Labute approximate surface area is 98.3 Å². The molecule has 0 aliphatic carbocycles. The van der Waals surface area contributed by atoms with E-state index >= 15 is 0 Å². The van der Waals surface area contributed by atoms with E-state index in [2.05, 4.69) is 31.2 Å². The predicted octanol–water partition coefficient (Wildman–Crippen LogP) is 0.711. The molecule has 0 fully saturated rings. The second kappa shape index (κ2) is 5.41. The van der Waals surface area contributed by atoms with Crippen molar-refractivity contribution in [3.05, 3.63) is 21.2 Å². The Morgan fingerprint density at radius 1 is 1.73 bits per heavy atom. The van der Waals surface area contributed by atoms with E-state index in [1.165, 1.54) is 6.33 Å². The molecule has 1 aromatic rings. The van der Waals surface area contributed by atoms with Crippen molar-refractivity contribution < 1.29 is 4.21 Å². The first kappa shape index (κ1) is 12.4. The molecule has 1 aromatic heterocycles. The van der Waals surface area contributed by atoms with E-state index in [-0.39, 0.29) is 11.6 Å². The van der Waals surface area contributed by atoms with Crippen LogP contribution in [-0.4, -0.2) is 32.2 Å². The number of rotatable bonds is 4. The van der Waals surface area contributed by atoms with Gasteiger partial charge in [-0.2, -0.15) is 0 Å². The van der Waals surface area contributed by atoms with Gasteiger partial charge in [0.05, 0.1) is 6.33 Å². The second-order valence-corrected chi connectivity index (χ2v) is 5.45. The maximum atomic E-state index is 11.2. The van der Waals surface area contributed by atoms with Crippen molar-refractivity contribution in [3.63, 3.8) is 0 Å². The molecular weight excluding hydrogens is 282 g/mol. The van der Waals surface area contributed by atoms with Gasteiger partial charge in [0.15, 0.2) is 0 Å². The van der Waals surface area contributed by atoms with E-state index in [1.54, 1.807) is 6.26 Å². The van der Waals surface area contributed by atoms with E-state index in [0.29, 0.717) is 16.0 Å². The van der Waals surface area contributed by atoms with Crippen LogP contribution in [0.5, 0.6) is 0 Å². The number of aromatic amines is 1. The minimum atomic E-state index is -0.873. The first-order chi connectivity index (χ1) is 7.00. The Kier molecular flexibility index (Phi) is 4.46. The molecule has 2 atom stereocenters. The van der Waals surface area contributed by atoms with Crippen molar-refractivity contribution in [2.45, 2.75) is 13.0 Å². The van der Waals surface area contributed by atoms with Gasteiger partial charge >= 0.3 is 0 Å². The zero-order chi connectivity index (χ0) is 11.4. The van der Waals surface area contributed by atoms with Gasteiger partial charge in [0.1, 0.15) is 10.3 Å². The van der Waals surface area contributed by atoms with E-state index in [4.69, 9.17) is 0 Å². The van der Waals surface area contributed by atoms with Crippen molar-refractivity contribution >= 4 is 32.5 Å². The van der Waals surface area contributed by atoms with E-state index in [9.17, 15) is 9.00 Å². The number of hydrogen-bond acceptors (Lipinski definition) is 4. The minimum Gasteiger partial charge on any atom is -0.366 e. The van der Waals surface area contributed by atoms with E-state index in [0.717, 1.165) is 0 Å². The SMILES string of the molecule is CC(CS(C)=O)Nc1nc[nH]c(=O)c1Br. The topological polar surface area (TPSA) is 74.8 Å². The van der Waals surface area contributed by atoms with Crippen LogP contribution in [0.1, 0.15) is 6.92 Å². The summed E-state index contributed by atoms with van der Waals surface area (Å²) in [5.41, 5.74) is -0.239. The smallest absolute Gasteiger partial charge is 0.267 e. The van der Waals surface area contributed by atoms with Crippen LogP contribution in [0.25, 0.3) is 0 Å². The van der Waals surface area contributed by atoms with E-state index < -0.39 is 10.8 Å². The van der Waals surface area contributed by atoms with Gasteiger partial charge in [-0.25, -0.2) is 4.98 Å². The highest BCUT2D eigenvalue weighted by Gasteiger charge is 2.09. The van der Waals surface area contributed by atoms with Gasteiger partial charge < -0.3 is 10.3 Å². The second-order valence-electron chi connectivity index (χ2n) is 3.18. The highest BCUT2D eigenvalue weighted by atomic mass is 79.9. The van der Waals surface area contributed by atoms with Gasteiger partial charge in [-0.15, -0.1) is 0 Å². The quantitative estimate of drug-likeness (QED) is 0.857. The zero-order valence-electron chi connectivity index (χ0n) is 8.41. The van der Waals surface area contributed by atoms with Crippen LogP contribution < -0.4 is 10.9 Å². The molecule has 7 heteroatoms. The molecule has 2 unspecified atom stereocenters. The predicted molar refractivity (Wildman–Crippen MR) is 64.6 cm³/mol. The maximum absolute atomic E-state index is 11.2. The summed E-state index contributed by atoms with van der Waals surface area (Å²) >= 11 is 3.13. The summed E-state index contributed by atoms with van der Waals surface area (Å²) in [5.74, 6) is 0.984. The summed E-state index contributed by atoms with van der Waals surface area (Å²) in [6, 6.07) is 0.00133. The Hall–Kier alpha value is -0.690. The summed E-state index contributed by atoms with van der Waals surface area (Å²) in [7, 11) is -0.873. The summed E-state index contributed by atoms with van der Waals surface area (Å²) in [5, 5.41) is 3.01. The van der Waals surface area contributed by atoms with Crippen molar-refractivity contribution in [2.24, 2.45) is 0 Å². The molecule has 5 nitrogen and oxygen atoms in total.